The second-order valence-corrected chi connectivity index (χ2v) is 6.20. The zero-order valence-electron chi connectivity index (χ0n) is 13.7. The number of hydrogen-bond acceptors (Lipinski definition) is 3. The number of carbonyl (C=O) groups excluding carboxylic acids is 1. The van der Waals surface area contributed by atoms with Crippen LogP contribution in [-0.2, 0) is 4.79 Å². The van der Waals surface area contributed by atoms with Gasteiger partial charge in [-0.05, 0) is 19.8 Å². The Labute approximate surface area is 127 Å². The minimum atomic E-state index is -0.865. The van der Waals surface area contributed by atoms with Gasteiger partial charge in [0.1, 0.15) is 0 Å². The maximum Gasteiger partial charge on any atom is 0.320 e. The summed E-state index contributed by atoms with van der Waals surface area (Å²) >= 11 is 0. The van der Waals surface area contributed by atoms with E-state index in [9.17, 15) is 9.59 Å². The molecule has 1 aliphatic heterocycles. The molecule has 0 saturated carbocycles. The minimum absolute atomic E-state index is 0.00705. The van der Waals surface area contributed by atoms with Crippen LogP contribution in [0.4, 0.5) is 4.79 Å². The molecular formula is C15H29N3O3. The lowest BCUT2D eigenvalue weighted by atomic mass is 10.2. The molecule has 1 heterocycles. The average Bonchev–Trinajstić information content (AvgIpc) is 2.38. The molecule has 1 atom stereocenters. The van der Waals surface area contributed by atoms with Crippen LogP contribution in [0.15, 0.2) is 0 Å². The van der Waals surface area contributed by atoms with E-state index in [0.717, 1.165) is 32.7 Å². The van der Waals surface area contributed by atoms with Gasteiger partial charge in [-0.2, -0.15) is 0 Å². The summed E-state index contributed by atoms with van der Waals surface area (Å²) in [6.07, 6.45) is -0.00705. The van der Waals surface area contributed by atoms with Crippen molar-refractivity contribution in [1.82, 2.24) is 14.7 Å². The summed E-state index contributed by atoms with van der Waals surface area (Å²) in [6.45, 7) is 12.9. The van der Waals surface area contributed by atoms with Crippen LogP contribution in [0, 0.1) is 5.92 Å². The number of carboxylic acid groups (broad SMARTS) is 1. The van der Waals surface area contributed by atoms with Gasteiger partial charge in [-0.1, -0.05) is 13.8 Å². The molecule has 1 aliphatic rings. The third-order valence-electron chi connectivity index (χ3n) is 3.85. The molecule has 0 bridgehead atoms. The summed E-state index contributed by atoms with van der Waals surface area (Å²) < 4.78 is 0. The van der Waals surface area contributed by atoms with Crippen LogP contribution in [0.25, 0.3) is 0 Å². The molecule has 1 fully saturated rings. The molecular weight excluding hydrogens is 270 g/mol. The number of hydrogen-bond donors (Lipinski definition) is 1. The quantitative estimate of drug-likeness (QED) is 0.808. The van der Waals surface area contributed by atoms with Crippen LogP contribution in [0.3, 0.4) is 0 Å². The number of carbonyl (C=O) groups is 2. The highest BCUT2D eigenvalue weighted by Gasteiger charge is 2.28. The molecule has 0 aromatic rings. The monoisotopic (exact) mass is 299 g/mol. The predicted octanol–water partition coefficient (Wildman–Crippen LogP) is 1.57. The van der Waals surface area contributed by atoms with E-state index in [1.54, 1.807) is 11.8 Å². The Kier molecular flexibility index (Phi) is 6.95. The van der Waals surface area contributed by atoms with Crippen LogP contribution in [0.2, 0.25) is 0 Å². The third kappa shape index (κ3) is 5.53. The fourth-order valence-electron chi connectivity index (χ4n) is 2.82. The molecule has 122 valence electrons. The Morgan fingerprint density at radius 1 is 1.14 bits per heavy atom. The molecule has 2 amide bonds. The summed E-state index contributed by atoms with van der Waals surface area (Å²) in [7, 11) is 0. The van der Waals surface area contributed by atoms with E-state index in [0.29, 0.717) is 12.5 Å². The van der Waals surface area contributed by atoms with E-state index in [1.165, 1.54) is 0 Å². The first kappa shape index (κ1) is 17.8. The van der Waals surface area contributed by atoms with Gasteiger partial charge in [0, 0.05) is 45.3 Å². The van der Waals surface area contributed by atoms with Crippen molar-refractivity contribution in [3.8, 4) is 0 Å². The molecule has 6 heteroatoms. The number of piperazine rings is 1. The number of carboxylic acids is 1. The van der Waals surface area contributed by atoms with Crippen molar-refractivity contribution in [2.45, 2.75) is 40.2 Å². The van der Waals surface area contributed by atoms with Crippen molar-refractivity contribution in [3.05, 3.63) is 0 Å². The first-order valence-corrected chi connectivity index (χ1v) is 7.84. The Morgan fingerprint density at radius 3 is 2.14 bits per heavy atom. The van der Waals surface area contributed by atoms with Gasteiger partial charge in [0.2, 0.25) is 0 Å². The maximum absolute atomic E-state index is 12.5. The molecule has 0 radical (unpaired) electrons. The first-order chi connectivity index (χ1) is 9.85. The van der Waals surface area contributed by atoms with Gasteiger partial charge < -0.3 is 14.9 Å². The van der Waals surface area contributed by atoms with Crippen molar-refractivity contribution >= 4 is 12.0 Å². The van der Waals surface area contributed by atoms with Gasteiger partial charge >= 0.3 is 12.0 Å². The van der Waals surface area contributed by atoms with Gasteiger partial charge in [-0.25, -0.2) is 4.79 Å². The Morgan fingerprint density at radius 2 is 1.71 bits per heavy atom. The van der Waals surface area contributed by atoms with Crippen LogP contribution >= 0.6 is 0 Å². The number of rotatable bonds is 6. The smallest absolute Gasteiger partial charge is 0.320 e. The van der Waals surface area contributed by atoms with Crippen LogP contribution in [0.1, 0.15) is 34.1 Å². The molecule has 1 saturated heterocycles. The Balaban J connectivity index is 2.52. The fourth-order valence-corrected chi connectivity index (χ4v) is 2.82. The highest BCUT2D eigenvalue weighted by atomic mass is 16.4. The van der Waals surface area contributed by atoms with Crippen LogP contribution in [0.5, 0.6) is 0 Å². The molecule has 0 aromatic carbocycles. The van der Waals surface area contributed by atoms with E-state index in [2.05, 4.69) is 18.7 Å². The number of amides is 2. The summed E-state index contributed by atoms with van der Waals surface area (Å²) in [6, 6.07) is -0.302. The highest BCUT2D eigenvalue weighted by molar-refractivity contribution is 5.76. The summed E-state index contributed by atoms with van der Waals surface area (Å²) in [5.74, 6) is -0.231. The van der Waals surface area contributed by atoms with Crippen molar-refractivity contribution in [2.24, 2.45) is 5.92 Å². The lowest BCUT2D eigenvalue weighted by Gasteiger charge is -2.39. The van der Waals surface area contributed by atoms with E-state index in [4.69, 9.17) is 5.11 Å². The topological polar surface area (TPSA) is 64.1 Å². The second kappa shape index (κ2) is 8.22. The summed E-state index contributed by atoms with van der Waals surface area (Å²) in [5, 5.41) is 8.88. The number of urea groups is 1. The van der Waals surface area contributed by atoms with Crippen LogP contribution in [-0.4, -0.2) is 77.1 Å². The van der Waals surface area contributed by atoms with E-state index in [-0.39, 0.29) is 18.5 Å². The molecule has 0 aromatic heterocycles. The van der Waals surface area contributed by atoms with Gasteiger partial charge in [-0.3, -0.25) is 9.69 Å². The zero-order chi connectivity index (χ0) is 16.0. The molecule has 1 unspecified atom stereocenters. The normalized spacial score (nSPS) is 17.9. The Hall–Kier alpha value is -1.30. The van der Waals surface area contributed by atoms with E-state index in [1.807, 2.05) is 11.8 Å². The lowest BCUT2D eigenvalue weighted by molar-refractivity contribution is -0.138. The molecule has 1 N–H and O–H groups in total. The SMILES string of the molecule is CCN(C(=O)N1CCN(CC(C)C)CC1)C(C)CC(=O)O. The Bertz CT molecular complexity index is 352. The van der Waals surface area contributed by atoms with Gasteiger partial charge in [0.15, 0.2) is 0 Å². The molecule has 1 rings (SSSR count). The van der Waals surface area contributed by atoms with Crippen molar-refractivity contribution in [3.63, 3.8) is 0 Å². The van der Waals surface area contributed by atoms with Crippen LogP contribution < -0.4 is 0 Å². The number of aliphatic carboxylic acids is 1. The molecule has 6 nitrogen and oxygen atoms in total. The third-order valence-corrected chi connectivity index (χ3v) is 3.85. The summed E-state index contributed by atoms with van der Waals surface area (Å²) in [4.78, 5) is 29.2. The zero-order valence-corrected chi connectivity index (χ0v) is 13.7. The van der Waals surface area contributed by atoms with Gasteiger partial charge in [0.05, 0.1) is 6.42 Å². The van der Waals surface area contributed by atoms with Crippen molar-refractivity contribution < 1.29 is 14.7 Å². The first-order valence-electron chi connectivity index (χ1n) is 7.84. The van der Waals surface area contributed by atoms with Crippen molar-refractivity contribution in [1.29, 1.82) is 0 Å². The largest absolute Gasteiger partial charge is 0.481 e. The second-order valence-electron chi connectivity index (χ2n) is 6.20. The molecule has 0 spiro atoms. The maximum atomic E-state index is 12.5. The highest BCUT2D eigenvalue weighted by Crippen LogP contribution is 2.12. The van der Waals surface area contributed by atoms with Gasteiger partial charge in [0.25, 0.3) is 0 Å². The average molecular weight is 299 g/mol. The molecule has 0 aliphatic carbocycles. The van der Waals surface area contributed by atoms with E-state index < -0.39 is 5.97 Å². The summed E-state index contributed by atoms with van der Waals surface area (Å²) in [5.41, 5.74) is 0. The molecule has 21 heavy (non-hydrogen) atoms. The lowest BCUT2D eigenvalue weighted by Crippen LogP contribution is -2.55. The predicted molar refractivity (Wildman–Crippen MR) is 82.3 cm³/mol. The number of nitrogens with zero attached hydrogens (tertiary/aromatic N) is 3. The fraction of sp³-hybridized carbons (Fsp3) is 0.867. The van der Waals surface area contributed by atoms with Crippen molar-refractivity contribution in [2.75, 3.05) is 39.3 Å². The van der Waals surface area contributed by atoms with Gasteiger partial charge in [-0.15, -0.1) is 0 Å². The minimum Gasteiger partial charge on any atom is -0.481 e. The van der Waals surface area contributed by atoms with E-state index >= 15 is 0 Å². The standard InChI is InChI=1S/C15H29N3O3/c1-5-18(13(4)10-14(19)20)15(21)17-8-6-16(7-9-17)11-12(2)3/h12-13H,5-11H2,1-4H3,(H,19,20).